The minimum atomic E-state index is 0.622. The van der Waals surface area contributed by atoms with Gasteiger partial charge in [-0.25, -0.2) is 4.98 Å². The molecule has 0 N–H and O–H groups in total. The number of hydrogen-bond donors (Lipinski definition) is 0. The van der Waals surface area contributed by atoms with E-state index in [9.17, 15) is 0 Å². The first-order chi connectivity index (χ1) is 7.90. The monoisotopic (exact) mass is 233 g/mol. The summed E-state index contributed by atoms with van der Waals surface area (Å²) < 4.78 is 5.46. The summed E-state index contributed by atoms with van der Waals surface area (Å²) in [5, 5.41) is 3.13. The average Bonchev–Trinajstić information content (AvgIpc) is 2.79. The fourth-order valence-electron chi connectivity index (χ4n) is 1.41. The van der Waals surface area contributed by atoms with Crippen molar-refractivity contribution in [3.63, 3.8) is 0 Å². The summed E-state index contributed by atoms with van der Waals surface area (Å²) in [6.07, 6.45) is 1.05. The van der Waals surface area contributed by atoms with Crippen LogP contribution in [0.1, 0.15) is 19.0 Å². The van der Waals surface area contributed by atoms with E-state index in [1.54, 1.807) is 11.3 Å². The van der Waals surface area contributed by atoms with Crippen LogP contribution in [0.25, 0.3) is 10.6 Å². The molecule has 0 bridgehead atoms. The first-order valence-corrected chi connectivity index (χ1v) is 6.35. The van der Waals surface area contributed by atoms with E-state index in [-0.39, 0.29) is 0 Å². The normalized spacial score (nSPS) is 10.6. The molecule has 0 aliphatic rings. The lowest BCUT2D eigenvalue weighted by atomic mass is 10.2. The third kappa shape index (κ3) is 2.90. The van der Waals surface area contributed by atoms with Crippen LogP contribution < -0.4 is 0 Å². The molecule has 0 aliphatic carbocycles. The lowest BCUT2D eigenvalue weighted by Crippen LogP contribution is -1.93. The molecule has 0 fully saturated rings. The minimum absolute atomic E-state index is 0.622. The fourth-order valence-corrected chi connectivity index (χ4v) is 2.22. The molecule has 1 heterocycles. The highest BCUT2D eigenvalue weighted by Crippen LogP contribution is 2.23. The van der Waals surface area contributed by atoms with E-state index < -0.39 is 0 Å². The molecule has 2 rings (SSSR count). The molecule has 0 unspecified atom stereocenters. The largest absolute Gasteiger partial charge is 0.375 e. The van der Waals surface area contributed by atoms with Crippen molar-refractivity contribution >= 4 is 11.3 Å². The molecule has 1 aromatic heterocycles. The van der Waals surface area contributed by atoms with Crippen LogP contribution in [0.15, 0.2) is 35.7 Å². The Morgan fingerprint density at radius 2 is 2.06 bits per heavy atom. The lowest BCUT2D eigenvalue weighted by Gasteiger charge is -1.98. The second-order valence-corrected chi connectivity index (χ2v) is 4.42. The molecule has 0 atom stereocenters. The predicted octanol–water partition coefficient (Wildman–Crippen LogP) is 3.74. The number of benzene rings is 1. The van der Waals surface area contributed by atoms with Gasteiger partial charge in [0.15, 0.2) is 0 Å². The minimum Gasteiger partial charge on any atom is -0.375 e. The molecule has 0 spiro atoms. The Hall–Kier alpha value is -1.19. The highest BCUT2D eigenvalue weighted by atomic mass is 32.1. The molecule has 0 aliphatic heterocycles. The number of nitrogens with zero attached hydrogens (tertiary/aromatic N) is 1. The van der Waals surface area contributed by atoms with Gasteiger partial charge in [-0.15, -0.1) is 11.3 Å². The molecule has 84 valence electrons. The van der Waals surface area contributed by atoms with Crippen LogP contribution in [0.3, 0.4) is 0 Å². The van der Waals surface area contributed by atoms with Gasteiger partial charge in [0.1, 0.15) is 5.01 Å². The zero-order chi connectivity index (χ0) is 11.2. The first-order valence-electron chi connectivity index (χ1n) is 5.47. The van der Waals surface area contributed by atoms with E-state index in [2.05, 4.69) is 29.4 Å². The molecule has 0 saturated carbocycles. The van der Waals surface area contributed by atoms with Crippen molar-refractivity contribution in [2.24, 2.45) is 0 Å². The lowest BCUT2D eigenvalue weighted by molar-refractivity contribution is 0.119. The number of aromatic nitrogens is 1. The number of hydrogen-bond acceptors (Lipinski definition) is 3. The summed E-state index contributed by atoms with van der Waals surface area (Å²) in [6, 6.07) is 10.2. The van der Waals surface area contributed by atoms with E-state index in [1.807, 2.05) is 18.2 Å². The second kappa shape index (κ2) is 5.77. The molecule has 3 heteroatoms. The second-order valence-electron chi connectivity index (χ2n) is 3.56. The summed E-state index contributed by atoms with van der Waals surface area (Å²) in [5.41, 5.74) is 2.20. The zero-order valence-electron chi connectivity index (χ0n) is 9.35. The van der Waals surface area contributed by atoms with Gasteiger partial charge in [-0.3, -0.25) is 0 Å². The quantitative estimate of drug-likeness (QED) is 0.734. The molecule has 2 aromatic rings. The highest BCUT2D eigenvalue weighted by molar-refractivity contribution is 7.13. The Morgan fingerprint density at radius 1 is 1.25 bits per heavy atom. The highest BCUT2D eigenvalue weighted by Gasteiger charge is 2.03. The van der Waals surface area contributed by atoms with Gasteiger partial charge in [-0.2, -0.15) is 0 Å². The van der Waals surface area contributed by atoms with Gasteiger partial charge in [0.05, 0.1) is 12.3 Å². The maximum atomic E-state index is 5.46. The van der Waals surface area contributed by atoms with Crippen LogP contribution in [-0.4, -0.2) is 11.6 Å². The zero-order valence-corrected chi connectivity index (χ0v) is 10.2. The third-order valence-corrected chi connectivity index (χ3v) is 3.11. The smallest absolute Gasteiger partial charge is 0.123 e. The molecular formula is C13H15NOS. The van der Waals surface area contributed by atoms with Crippen LogP contribution in [-0.2, 0) is 11.3 Å². The molecule has 16 heavy (non-hydrogen) atoms. The maximum absolute atomic E-state index is 5.46. The summed E-state index contributed by atoms with van der Waals surface area (Å²) in [6.45, 7) is 3.53. The van der Waals surface area contributed by atoms with Crippen molar-refractivity contribution in [1.82, 2.24) is 4.98 Å². The van der Waals surface area contributed by atoms with Crippen molar-refractivity contribution in [3.05, 3.63) is 41.4 Å². The van der Waals surface area contributed by atoms with Gasteiger partial charge in [0.25, 0.3) is 0 Å². The van der Waals surface area contributed by atoms with Gasteiger partial charge in [-0.05, 0) is 6.42 Å². The predicted molar refractivity (Wildman–Crippen MR) is 67.5 cm³/mol. The van der Waals surface area contributed by atoms with Crippen molar-refractivity contribution in [2.45, 2.75) is 20.0 Å². The Labute approximate surface area is 99.9 Å². The van der Waals surface area contributed by atoms with Crippen molar-refractivity contribution in [3.8, 4) is 10.6 Å². The van der Waals surface area contributed by atoms with E-state index in [0.717, 1.165) is 23.7 Å². The van der Waals surface area contributed by atoms with Crippen LogP contribution >= 0.6 is 11.3 Å². The number of thiazole rings is 1. The van der Waals surface area contributed by atoms with Crippen molar-refractivity contribution in [1.29, 1.82) is 0 Å². The SMILES string of the molecule is CCCOCc1csc(-c2ccccc2)n1. The number of ether oxygens (including phenoxy) is 1. The summed E-state index contributed by atoms with van der Waals surface area (Å²) in [5.74, 6) is 0. The van der Waals surface area contributed by atoms with Crippen LogP contribution in [0.5, 0.6) is 0 Å². The molecular weight excluding hydrogens is 218 g/mol. The molecule has 0 radical (unpaired) electrons. The van der Waals surface area contributed by atoms with Crippen molar-refractivity contribution in [2.75, 3.05) is 6.61 Å². The fraction of sp³-hybridized carbons (Fsp3) is 0.308. The van der Waals surface area contributed by atoms with Gasteiger partial charge in [0.2, 0.25) is 0 Å². The van der Waals surface area contributed by atoms with Gasteiger partial charge in [-0.1, -0.05) is 37.3 Å². The maximum Gasteiger partial charge on any atom is 0.123 e. The van der Waals surface area contributed by atoms with E-state index in [4.69, 9.17) is 4.74 Å². The van der Waals surface area contributed by atoms with Crippen LogP contribution in [0, 0.1) is 0 Å². The summed E-state index contributed by atoms with van der Waals surface area (Å²) in [4.78, 5) is 4.55. The van der Waals surface area contributed by atoms with Crippen LogP contribution in [0.2, 0.25) is 0 Å². The van der Waals surface area contributed by atoms with E-state index in [0.29, 0.717) is 6.61 Å². The summed E-state index contributed by atoms with van der Waals surface area (Å²) in [7, 11) is 0. The Kier molecular flexibility index (Phi) is 4.08. The Bertz CT molecular complexity index is 425. The van der Waals surface area contributed by atoms with Crippen LogP contribution in [0.4, 0.5) is 0 Å². The molecule has 2 nitrogen and oxygen atoms in total. The van der Waals surface area contributed by atoms with Gasteiger partial charge >= 0.3 is 0 Å². The molecule has 0 saturated heterocycles. The Morgan fingerprint density at radius 3 is 2.81 bits per heavy atom. The Balaban J connectivity index is 2.02. The number of rotatable bonds is 5. The standard InChI is InChI=1S/C13H15NOS/c1-2-8-15-9-12-10-16-13(14-12)11-6-4-3-5-7-11/h3-7,10H,2,8-9H2,1H3. The van der Waals surface area contributed by atoms with Gasteiger partial charge < -0.3 is 4.74 Å². The van der Waals surface area contributed by atoms with Gasteiger partial charge in [0, 0.05) is 17.6 Å². The van der Waals surface area contributed by atoms with E-state index in [1.165, 1.54) is 5.56 Å². The molecule has 0 amide bonds. The van der Waals surface area contributed by atoms with E-state index >= 15 is 0 Å². The third-order valence-electron chi connectivity index (χ3n) is 2.17. The average molecular weight is 233 g/mol. The summed E-state index contributed by atoms with van der Waals surface area (Å²) >= 11 is 1.67. The first kappa shape index (κ1) is 11.3. The van der Waals surface area contributed by atoms with Crippen molar-refractivity contribution < 1.29 is 4.74 Å². The topological polar surface area (TPSA) is 22.1 Å². The molecule has 1 aromatic carbocycles.